The second-order valence-corrected chi connectivity index (χ2v) is 26.2. The molecule has 0 spiro atoms. The van der Waals surface area contributed by atoms with E-state index in [0.717, 1.165) is 106 Å². The van der Waals surface area contributed by atoms with Gasteiger partial charge in [0.15, 0.2) is 9.84 Å². The molecule has 0 saturated carbocycles. The summed E-state index contributed by atoms with van der Waals surface area (Å²) < 4.78 is 65.0. The van der Waals surface area contributed by atoms with E-state index in [4.69, 9.17) is 48.4 Å². The van der Waals surface area contributed by atoms with E-state index < -0.39 is 34.2 Å². The zero-order valence-electron chi connectivity index (χ0n) is 56.3. The lowest BCUT2D eigenvalue weighted by Gasteiger charge is -2.31. The Hall–Kier alpha value is -12.3. The summed E-state index contributed by atoms with van der Waals surface area (Å²) in [6.45, 7) is 8.43. The summed E-state index contributed by atoms with van der Waals surface area (Å²) in [7, 11) is -3.17. The number of nitrogens with zero attached hydrogens (tertiary/aromatic N) is 10. The van der Waals surface area contributed by atoms with Gasteiger partial charge in [-0.2, -0.15) is 22.3 Å². The maximum atomic E-state index is 12.2. The first-order valence-electron chi connectivity index (χ1n) is 32.4. The Bertz CT molecular complexity index is 4430. The number of anilines is 8. The number of amides is 4. The number of aromatic nitrogens is 8. The van der Waals surface area contributed by atoms with Crippen LogP contribution in [-0.2, 0) is 61.6 Å². The summed E-state index contributed by atoms with van der Waals surface area (Å²) in [5, 5.41) is 28.0. The molecule has 103 heavy (non-hydrogen) atoms. The third-order valence-corrected chi connectivity index (χ3v) is 16.9. The van der Waals surface area contributed by atoms with Gasteiger partial charge in [0.1, 0.15) is 75.9 Å². The molecule has 4 amide bonds. The van der Waals surface area contributed by atoms with E-state index in [9.17, 15) is 27.6 Å². The molecule has 8 heterocycles. The highest BCUT2D eigenvalue weighted by molar-refractivity contribution is 7.98. The summed E-state index contributed by atoms with van der Waals surface area (Å²) in [6.07, 6.45) is 14.7. The van der Waals surface area contributed by atoms with Crippen molar-refractivity contribution in [2.75, 3.05) is 137 Å². The second-order valence-electron chi connectivity index (χ2n) is 22.9. The van der Waals surface area contributed by atoms with Crippen LogP contribution in [-0.4, -0.2) is 169 Å². The number of aromatic amines is 4. The average Bonchev–Trinajstić information content (AvgIpc) is 1.77. The zero-order valence-corrected chi connectivity index (χ0v) is 57.9. The van der Waals surface area contributed by atoms with Crippen LogP contribution in [0.4, 0.5) is 64.7 Å². The SMILES string of the molecule is CS(=O)(=O)CCOC(=O)Nc1ccc2c(c1)N(Cc1cnc[nH]1)CCO2.CSCCOC(=O)Nc1ccc2c(c1)N(Cc1cnc[nH]1)CCO2.N#CCCOC(=O)Nc1ccc2c(c1)N(Cc1cnc[nH]1)CCO2.N#Cc1ccc(COC(=O)Nc2ccc3c(c2)N(Cc2cnc[nH]2)CCO3)cc1. The molecule has 9 aromatic rings. The quantitative estimate of drug-likeness (QED) is 0.0231. The van der Waals surface area contributed by atoms with Gasteiger partial charge >= 0.3 is 24.4 Å². The Kier molecular flexibility index (Phi) is 26.5. The number of ether oxygens (including phenoxy) is 8. The molecule has 4 aliphatic rings. The molecule has 538 valence electrons. The lowest BCUT2D eigenvalue weighted by Crippen LogP contribution is -2.32. The lowest BCUT2D eigenvalue weighted by molar-refractivity contribution is 0.155. The van der Waals surface area contributed by atoms with E-state index in [-0.39, 0.29) is 32.0 Å². The molecule has 32 nitrogen and oxygen atoms in total. The number of nitrogens with one attached hydrogen (secondary N) is 8. The monoisotopic (exact) mass is 1440 g/mol. The predicted octanol–water partition coefficient (Wildman–Crippen LogP) is 9.82. The smallest absolute Gasteiger partial charge is 0.411 e. The highest BCUT2D eigenvalue weighted by atomic mass is 32.2. The highest BCUT2D eigenvalue weighted by Crippen LogP contribution is 2.39. The van der Waals surface area contributed by atoms with Crippen LogP contribution in [0.5, 0.6) is 23.0 Å². The van der Waals surface area contributed by atoms with E-state index in [0.29, 0.717) is 94.1 Å². The molecule has 13 rings (SSSR count). The summed E-state index contributed by atoms with van der Waals surface area (Å²) in [5.74, 6) is 3.64. The lowest BCUT2D eigenvalue weighted by atomic mass is 10.2. The third-order valence-electron chi connectivity index (χ3n) is 15.4. The van der Waals surface area contributed by atoms with E-state index in [2.05, 4.69) is 86.8 Å². The van der Waals surface area contributed by atoms with E-state index >= 15 is 0 Å². The molecule has 0 bridgehead atoms. The fourth-order valence-electron chi connectivity index (χ4n) is 10.5. The molecule has 0 saturated heterocycles. The molecular weight excluding hydrogens is 1370 g/mol. The number of H-pyrrole nitrogens is 4. The van der Waals surface area contributed by atoms with Gasteiger partial charge in [-0.1, -0.05) is 12.1 Å². The normalized spacial score (nSPS) is 13.0. The minimum atomic E-state index is -3.17. The maximum absolute atomic E-state index is 12.2. The molecule has 0 fully saturated rings. The minimum Gasteiger partial charge on any atom is -0.490 e. The Balaban J connectivity index is 0.000000148. The first-order chi connectivity index (χ1) is 50.1. The number of hydrogen-bond acceptors (Lipinski definition) is 25. The van der Waals surface area contributed by atoms with Crippen molar-refractivity contribution < 1.29 is 65.5 Å². The fourth-order valence-corrected chi connectivity index (χ4v) is 11.1. The third kappa shape index (κ3) is 22.9. The van der Waals surface area contributed by atoms with Crippen molar-refractivity contribution in [1.82, 2.24) is 39.9 Å². The number of fused-ring (bicyclic) bond motifs is 4. The molecule has 0 aliphatic carbocycles. The highest BCUT2D eigenvalue weighted by Gasteiger charge is 2.25. The van der Waals surface area contributed by atoms with Crippen LogP contribution in [0, 0.1) is 22.7 Å². The summed E-state index contributed by atoms with van der Waals surface area (Å²) in [4.78, 5) is 84.6. The number of carbonyl (C=O) groups is 4. The van der Waals surface area contributed by atoms with Crippen LogP contribution in [0.2, 0.25) is 0 Å². The zero-order chi connectivity index (χ0) is 72.2. The number of imidazole rings is 4. The van der Waals surface area contributed by atoms with E-state index in [1.54, 1.807) is 116 Å². The van der Waals surface area contributed by atoms with Crippen LogP contribution < -0.4 is 59.8 Å². The predicted molar refractivity (Wildman–Crippen MR) is 384 cm³/mol. The number of carbonyl (C=O) groups excluding carboxylic acids is 4. The Morgan fingerprint density at radius 2 is 0.835 bits per heavy atom. The molecule has 5 aromatic carbocycles. The van der Waals surface area contributed by atoms with E-state index in [1.807, 2.05) is 54.8 Å². The largest absolute Gasteiger partial charge is 0.490 e. The molecule has 0 atom stereocenters. The molecule has 4 aliphatic heterocycles. The van der Waals surface area contributed by atoms with Crippen LogP contribution in [0.3, 0.4) is 0 Å². The van der Waals surface area contributed by atoms with Crippen LogP contribution in [0.15, 0.2) is 147 Å². The fraction of sp³-hybridized carbons (Fsp3) is 0.304. The molecule has 0 unspecified atom stereocenters. The minimum absolute atomic E-state index is 0.0718. The van der Waals surface area contributed by atoms with Gasteiger partial charge in [-0.25, -0.2) is 47.5 Å². The topological polar surface area (TPSA) is 400 Å². The number of rotatable bonds is 22. The molecule has 0 radical (unpaired) electrons. The standard InChI is InChI=1S/C21H19N5O3.C16H17N5O3.C16H20N4O5S.C16H20N4O3S/c22-10-15-1-3-16(4-2-15)13-29-21(27)25-17-5-6-20-19(9-17)26(7-8-28-20)12-18-11-23-14-24-18;17-4-1-6-24-16(22)20-12-2-3-15-14(8-12)21(5-7-23-15)10-13-9-18-11-19-13;1-26(22,23)7-6-25-16(21)19-12-2-3-15-14(8-12)20(4-5-24-15)10-13-9-17-11-18-13;1-24-7-6-23-16(21)19-12-2-3-15-14(8-12)20(4-5-22-15)10-13-9-17-11-18-13/h1-6,9,11,14H,7-8,12-13H2,(H,23,24)(H,25,27);2-3,8-9,11H,1,5-7,10H2,(H,18,19)(H,20,22);2-3,8-9,11H,4-7,10H2,1H3,(H,17,18)(H,19,21);2-3,8-9,11H,4-7,10H2,1H3,(H,17,18)(H,19,21). The first-order valence-corrected chi connectivity index (χ1v) is 35.8. The summed E-state index contributed by atoms with van der Waals surface area (Å²) >= 11 is 1.63. The average molecular weight is 1450 g/mol. The van der Waals surface area contributed by atoms with Gasteiger partial charge in [0, 0.05) is 59.5 Å². The molecule has 8 N–H and O–H groups in total. The second kappa shape index (κ2) is 37.2. The van der Waals surface area contributed by atoms with Crippen molar-refractivity contribution in [2.45, 2.75) is 39.2 Å². The van der Waals surface area contributed by atoms with Crippen molar-refractivity contribution in [3.63, 3.8) is 0 Å². The van der Waals surface area contributed by atoms with Crippen LogP contribution in [0.25, 0.3) is 0 Å². The Morgan fingerprint density at radius 3 is 1.15 bits per heavy atom. The number of nitriles is 2. The number of hydrogen-bond donors (Lipinski definition) is 8. The van der Waals surface area contributed by atoms with Crippen molar-refractivity contribution in [3.05, 3.63) is 181 Å². The van der Waals surface area contributed by atoms with Crippen molar-refractivity contribution in [1.29, 1.82) is 10.5 Å². The first kappa shape index (κ1) is 73.4. The van der Waals surface area contributed by atoms with Gasteiger partial charge < -0.3 is 77.4 Å². The molecule has 34 heteroatoms. The number of sulfone groups is 1. The Labute approximate surface area is 597 Å². The van der Waals surface area contributed by atoms with Gasteiger partial charge in [0.2, 0.25) is 0 Å². The number of thioether (sulfide) groups is 1. The van der Waals surface area contributed by atoms with Crippen LogP contribution in [0.1, 0.15) is 40.3 Å². The molecule has 4 aromatic heterocycles. The van der Waals surface area contributed by atoms with Crippen molar-refractivity contribution in [2.24, 2.45) is 0 Å². The van der Waals surface area contributed by atoms with Crippen molar-refractivity contribution >= 4 is 91.5 Å². The van der Waals surface area contributed by atoms with Gasteiger partial charge in [0.05, 0.1) is 153 Å². The van der Waals surface area contributed by atoms with Crippen LogP contribution >= 0.6 is 11.8 Å². The van der Waals surface area contributed by atoms with Crippen molar-refractivity contribution in [3.8, 4) is 35.1 Å². The number of benzene rings is 5. The van der Waals surface area contributed by atoms with E-state index in [1.165, 1.54) is 0 Å². The molecular formula is C69H76N18O14S2. The van der Waals surface area contributed by atoms with Gasteiger partial charge in [-0.15, -0.1) is 0 Å². The van der Waals surface area contributed by atoms with Gasteiger partial charge in [0.25, 0.3) is 0 Å². The summed E-state index contributed by atoms with van der Waals surface area (Å²) in [5.41, 5.74) is 11.4. The maximum Gasteiger partial charge on any atom is 0.411 e. The van der Waals surface area contributed by atoms with Gasteiger partial charge in [-0.3, -0.25) is 21.3 Å². The summed E-state index contributed by atoms with van der Waals surface area (Å²) in [6, 6.07) is 32.6. The Morgan fingerprint density at radius 1 is 0.495 bits per heavy atom. The van der Waals surface area contributed by atoms with Gasteiger partial charge in [-0.05, 0) is 96.7 Å².